The molecule has 0 fully saturated rings. The third kappa shape index (κ3) is 2.97. The lowest BCUT2D eigenvalue weighted by Gasteiger charge is -2.21. The second kappa shape index (κ2) is 6.41. The van der Waals surface area contributed by atoms with Gasteiger partial charge in [-0.05, 0) is 17.7 Å². The number of rotatable bonds is 6. The molecule has 2 aromatic carbocycles. The summed E-state index contributed by atoms with van der Waals surface area (Å²) in [5, 5.41) is 15.4. The van der Waals surface area contributed by atoms with Crippen LogP contribution in [-0.4, -0.2) is 16.7 Å². The van der Waals surface area contributed by atoms with E-state index in [4.69, 9.17) is 0 Å². The summed E-state index contributed by atoms with van der Waals surface area (Å²) < 4.78 is 0. The number of nitrogens with zero attached hydrogens (tertiary/aromatic N) is 1. The van der Waals surface area contributed by atoms with Crippen LogP contribution < -0.4 is 21.5 Å². The highest BCUT2D eigenvalue weighted by atomic mass is 16.3. The van der Waals surface area contributed by atoms with Crippen LogP contribution in [0.25, 0.3) is 0 Å². The fourth-order valence-electron chi connectivity index (χ4n) is 2.32. The van der Waals surface area contributed by atoms with E-state index in [1.54, 1.807) is 24.5 Å². The Kier molecular flexibility index (Phi) is 4.16. The molecule has 6 heteroatoms. The monoisotopic (exact) mass is 309 g/mol. The zero-order valence-electron chi connectivity index (χ0n) is 12.2. The van der Waals surface area contributed by atoms with Crippen molar-refractivity contribution in [2.75, 3.05) is 17.2 Å². The molecule has 1 unspecified atom stereocenters. The van der Waals surface area contributed by atoms with Gasteiger partial charge in [-0.3, -0.25) is 14.6 Å². The van der Waals surface area contributed by atoms with Gasteiger partial charge in [-0.25, -0.2) is 0 Å². The number of hydrogen-bond acceptors (Lipinski definition) is 6. The molecular weight excluding hydrogens is 294 g/mol. The van der Waals surface area contributed by atoms with Crippen LogP contribution in [0.4, 0.5) is 17.1 Å². The Bertz CT molecular complexity index is 856. The van der Waals surface area contributed by atoms with Crippen molar-refractivity contribution >= 4 is 17.1 Å². The van der Waals surface area contributed by atoms with Gasteiger partial charge < -0.3 is 15.7 Å². The molecule has 1 atom stereocenters. The van der Waals surface area contributed by atoms with Gasteiger partial charge in [0.05, 0.1) is 12.6 Å². The van der Waals surface area contributed by atoms with Gasteiger partial charge in [-0.1, -0.05) is 30.3 Å². The molecule has 0 radical (unpaired) electrons. The maximum Gasteiger partial charge on any atom is 0.253 e. The van der Waals surface area contributed by atoms with Crippen molar-refractivity contribution in [1.82, 2.24) is 4.98 Å². The van der Waals surface area contributed by atoms with Crippen LogP contribution in [0.3, 0.4) is 0 Å². The van der Waals surface area contributed by atoms with Crippen molar-refractivity contribution < 1.29 is 5.11 Å². The molecule has 0 saturated heterocycles. The van der Waals surface area contributed by atoms with Crippen LogP contribution in [0.15, 0.2) is 64.4 Å². The van der Waals surface area contributed by atoms with Crippen LogP contribution in [0.5, 0.6) is 0 Å². The van der Waals surface area contributed by atoms with E-state index < -0.39 is 16.9 Å². The normalized spacial score (nSPS) is 12.0. The van der Waals surface area contributed by atoms with Crippen molar-refractivity contribution in [1.29, 1.82) is 0 Å². The smallest absolute Gasteiger partial charge is 0.253 e. The first-order valence-electron chi connectivity index (χ1n) is 7.13. The minimum absolute atomic E-state index is 0.190. The number of nitrogens with one attached hydrogen (secondary N) is 2. The van der Waals surface area contributed by atoms with Gasteiger partial charge in [-0.15, -0.1) is 0 Å². The van der Waals surface area contributed by atoms with Gasteiger partial charge in [0.2, 0.25) is 0 Å². The molecule has 116 valence electrons. The van der Waals surface area contributed by atoms with Gasteiger partial charge in [0, 0.05) is 18.1 Å². The standard InChI is InChI=1S/C17H15N3O3/c21-10-13(11-4-2-1-3-5-11)20-15-14(16(22)17(15)23)19-12-6-8-18-9-7-12/h1-9,13,20-21H,10H2,(H,18,19). The zero-order valence-corrected chi connectivity index (χ0v) is 12.2. The minimum Gasteiger partial charge on any atom is -0.394 e. The molecule has 0 aliphatic heterocycles. The van der Waals surface area contributed by atoms with Gasteiger partial charge in [0.15, 0.2) is 0 Å². The van der Waals surface area contributed by atoms with E-state index in [0.717, 1.165) is 5.56 Å². The predicted octanol–water partition coefficient (Wildman–Crippen LogP) is 1.57. The minimum atomic E-state index is -0.587. The highest BCUT2D eigenvalue weighted by Gasteiger charge is 2.23. The Morgan fingerprint density at radius 1 is 0.957 bits per heavy atom. The topological polar surface area (TPSA) is 91.3 Å². The molecule has 3 N–H and O–H groups in total. The molecule has 0 saturated carbocycles. The molecule has 23 heavy (non-hydrogen) atoms. The Labute approximate surface area is 132 Å². The summed E-state index contributed by atoms with van der Waals surface area (Å²) in [5.41, 5.74) is 0.726. The average Bonchev–Trinajstić information content (AvgIpc) is 2.62. The van der Waals surface area contributed by atoms with E-state index >= 15 is 0 Å². The second-order valence-corrected chi connectivity index (χ2v) is 5.06. The molecule has 3 aromatic rings. The van der Waals surface area contributed by atoms with Crippen molar-refractivity contribution in [2.24, 2.45) is 0 Å². The fourth-order valence-corrected chi connectivity index (χ4v) is 2.32. The van der Waals surface area contributed by atoms with Crippen LogP contribution in [0, 0.1) is 0 Å². The number of pyridine rings is 1. The molecule has 0 amide bonds. The van der Waals surface area contributed by atoms with Crippen molar-refractivity contribution in [3.8, 4) is 0 Å². The van der Waals surface area contributed by atoms with Crippen LogP contribution >= 0.6 is 0 Å². The van der Waals surface area contributed by atoms with E-state index in [2.05, 4.69) is 15.6 Å². The quantitative estimate of drug-likeness (QED) is 0.599. The van der Waals surface area contributed by atoms with Crippen LogP contribution in [0.1, 0.15) is 11.6 Å². The predicted molar refractivity (Wildman–Crippen MR) is 88.8 cm³/mol. The first-order valence-corrected chi connectivity index (χ1v) is 7.13. The number of aliphatic hydroxyl groups excluding tert-OH is 1. The molecule has 0 spiro atoms. The Morgan fingerprint density at radius 2 is 1.61 bits per heavy atom. The summed E-state index contributed by atoms with van der Waals surface area (Å²) >= 11 is 0. The molecule has 0 aliphatic carbocycles. The lowest BCUT2D eigenvalue weighted by atomic mass is 10.1. The number of hydrogen-bond donors (Lipinski definition) is 3. The molecular formula is C17H15N3O3. The van der Waals surface area contributed by atoms with Crippen molar-refractivity contribution in [2.45, 2.75) is 6.04 Å². The second-order valence-electron chi connectivity index (χ2n) is 5.06. The summed E-state index contributed by atoms with van der Waals surface area (Å²) in [6.45, 7) is -0.197. The fraction of sp³-hybridized carbons (Fsp3) is 0.118. The van der Waals surface area contributed by atoms with Gasteiger partial charge in [0.1, 0.15) is 11.4 Å². The molecule has 1 heterocycles. The first-order chi connectivity index (χ1) is 11.2. The van der Waals surface area contributed by atoms with E-state index in [-0.39, 0.29) is 18.0 Å². The summed E-state index contributed by atoms with van der Waals surface area (Å²) in [6, 6.07) is 12.2. The third-order valence-corrected chi connectivity index (χ3v) is 3.56. The Hall–Kier alpha value is -2.99. The first kappa shape index (κ1) is 14.9. The van der Waals surface area contributed by atoms with E-state index in [1.807, 2.05) is 30.3 Å². The van der Waals surface area contributed by atoms with Crippen LogP contribution in [-0.2, 0) is 0 Å². The van der Waals surface area contributed by atoms with Gasteiger partial charge in [-0.2, -0.15) is 0 Å². The summed E-state index contributed by atoms with van der Waals surface area (Å²) in [5.74, 6) is 0. The van der Waals surface area contributed by atoms with E-state index in [9.17, 15) is 14.7 Å². The van der Waals surface area contributed by atoms with Gasteiger partial charge >= 0.3 is 0 Å². The summed E-state index contributed by atoms with van der Waals surface area (Å²) in [7, 11) is 0. The molecule has 1 aromatic heterocycles. The molecule has 3 rings (SSSR count). The van der Waals surface area contributed by atoms with Crippen molar-refractivity contribution in [3.05, 3.63) is 80.9 Å². The van der Waals surface area contributed by atoms with Crippen LogP contribution in [0.2, 0.25) is 0 Å². The third-order valence-electron chi connectivity index (χ3n) is 3.56. The number of aromatic nitrogens is 1. The molecule has 0 aliphatic rings. The zero-order chi connectivity index (χ0) is 16.2. The molecule has 6 nitrogen and oxygen atoms in total. The lowest BCUT2D eigenvalue weighted by molar-refractivity contribution is 0.276. The Morgan fingerprint density at radius 3 is 2.26 bits per heavy atom. The SMILES string of the molecule is O=c1c(Nc2ccncc2)c(NC(CO)c2ccccc2)c1=O. The maximum atomic E-state index is 11.8. The lowest BCUT2D eigenvalue weighted by Crippen LogP contribution is -2.37. The number of anilines is 3. The molecule has 0 bridgehead atoms. The van der Waals surface area contributed by atoms with E-state index in [0.29, 0.717) is 5.69 Å². The Balaban J connectivity index is 1.85. The highest BCUT2D eigenvalue weighted by molar-refractivity contribution is 5.78. The number of aliphatic hydroxyl groups is 1. The maximum absolute atomic E-state index is 11.8. The summed E-state index contributed by atoms with van der Waals surface area (Å²) in [6.07, 6.45) is 3.17. The van der Waals surface area contributed by atoms with Crippen molar-refractivity contribution in [3.63, 3.8) is 0 Å². The average molecular weight is 309 g/mol. The highest BCUT2D eigenvalue weighted by Crippen LogP contribution is 2.24. The summed E-state index contributed by atoms with van der Waals surface area (Å²) in [4.78, 5) is 27.5. The number of benzene rings is 1. The largest absolute Gasteiger partial charge is 0.394 e. The van der Waals surface area contributed by atoms with Gasteiger partial charge in [0.25, 0.3) is 10.9 Å². The van der Waals surface area contributed by atoms with E-state index in [1.165, 1.54) is 0 Å².